The van der Waals surface area contributed by atoms with E-state index in [1.54, 1.807) is 7.05 Å². The van der Waals surface area contributed by atoms with Crippen molar-refractivity contribution in [1.29, 1.82) is 0 Å². The SMILES string of the molecule is CC(C)C1=NO[C@H](C(=O)N(C)CC(=O)c2ccc(O)cc2)C1. The zero-order chi connectivity index (χ0) is 16.3. The number of rotatable bonds is 5. The molecule has 1 N–H and O–H groups in total. The van der Waals surface area contributed by atoms with Crippen molar-refractivity contribution in [3.05, 3.63) is 29.8 Å². The van der Waals surface area contributed by atoms with Crippen LogP contribution in [0.3, 0.4) is 0 Å². The van der Waals surface area contributed by atoms with Crippen molar-refractivity contribution in [1.82, 2.24) is 4.90 Å². The molecule has 1 aromatic carbocycles. The summed E-state index contributed by atoms with van der Waals surface area (Å²) < 4.78 is 0. The molecule has 0 unspecified atom stereocenters. The van der Waals surface area contributed by atoms with Crippen LogP contribution in [0, 0.1) is 5.92 Å². The van der Waals surface area contributed by atoms with E-state index in [0.717, 1.165) is 5.71 Å². The van der Waals surface area contributed by atoms with Crippen molar-refractivity contribution >= 4 is 17.4 Å². The Morgan fingerprint density at radius 1 is 1.36 bits per heavy atom. The highest BCUT2D eigenvalue weighted by molar-refractivity contribution is 6.00. The van der Waals surface area contributed by atoms with Crippen molar-refractivity contribution in [3.8, 4) is 5.75 Å². The van der Waals surface area contributed by atoms with Gasteiger partial charge in [0.25, 0.3) is 5.91 Å². The molecule has 0 spiro atoms. The summed E-state index contributed by atoms with van der Waals surface area (Å²) in [6.07, 6.45) is -0.177. The van der Waals surface area contributed by atoms with Gasteiger partial charge in [-0.1, -0.05) is 19.0 Å². The quantitative estimate of drug-likeness (QED) is 0.842. The molecule has 1 aliphatic heterocycles. The van der Waals surface area contributed by atoms with E-state index in [4.69, 9.17) is 4.84 Å². The molecule has 1 amide bonds. The first-order valence-corrected chi connectivity index (χ1v) is 7.18. The molecule has 118 valence electrons. The molecule has 6 nitrogen and oxygen atoms in total. The Morgan fingerprint density at radius 3 is 2.55 bits per heavy atom. The van der Waals surface area contributed by atoms with Crippen LogP contribution >= 0.6 is 0 Å². The van der Waals surface area contributed by atoms with Crippen LogP contribution in [0.5, 0.6) is 5.75 Å². The van der Waals surface area contributed by atoms with Gasteiger partial charge in [0.1, 0.15) is 5.75 Å². The zero-order valence-electron chi connectivity index (χ0n) is 12.9. The van der Waals surface area contributed by atoms with E-state index in [2.05, 4.69) is 5.16 Å². The van der Waals surface area contributed by atoms with Crippen LogP contribution in [0.2, 0.25) is 0 Å². The Kier molecular flexibility index (Phi) is 4.80. The molecule has 0 aliphatic carbocycles. The van der Waals surface area contributed by atoms with Gasteiger partial charge in [-0.2, -0.15) is 0 Å². The van der Waals surface area contributed by atoms with Crippen LogP contribution in [-0.4, -0.2) is 47.1 Å². The first-order chi connectivity index (χ1) is 10.4. The van der Waals surface area contributed by atoms with E-state index in [1.807, 2.05) is 13.8 Å². The smallest absolute Gasteiger partial charge is 0.267 e. The molecule has 1 aliphatic rings. The average molecular weight is 304 g/mol. The van der Waals surface area contributed by atoms with Crippen LogP contribution in [0.1, 0.15) is 30.6 Å². The van der Waals surface area contributed by atoms with Gasteiger partial charge < -0.3 is 14.8 Å². The lowest BCUT2D eigenvalue weighted by Crippen LogP contribution is -2.39. The van der Waals surface area contributed by atoms with Gasteiger partial charge in [0.2, 0.25) is 6.10 Å². The maximum absolute atomic E-state index is 12.3. The minimum atomic E-state index is -0.644. The average Bonchev–Trinajstić information content (AvgIpc) is 2.97. The van der Waals surface area contributed by atoms with E-state index >= 15 is 0 Å². The van der Waals surface area contributed by atoms with E-state index in [9.17, 15) is 14.7 Å². The van der Waals surface area contributed by atoms with Gasteiger partial charge in [-0.3, -0.25) is 9.59 Å². The van der Waals surface area contributed by atoms with Crippen molar-refractivity contribution in [2.24, 2.45) is 11.1 Å². The number of amides is 1. The lowest BCUT2D eigenvalue weighted by molar-refractivity contribution is -0.140. The minimum Gasteiger partial charge on any atom is -0.508 e. The molecular weight excluding hydrogens is 284 g/mol. The molecule has 0 fully saturated rings. The number of likely N-dealkylation sites (N-methyl/N-ethyl adjacent to an activating group) is 1. The largest absolute Gasteiger partial charge is 0.508 e. The summed E-state index contributed by atoms with van der Waals surface area (Å²) in [6.45, 7) is 3.95. The van der Waals surface area contributed by atoms with Crippen LogP contribution in [0.25, 0.3) is 0 Å². The number of carbonyl (C=O) groups excluding carboxylic acids is 2. The van der Waals surface area contributed by atoms with E-state index in [1.165, 1.54) is 29.2 Å². The predicted octanol–water partition coefficient (Wildman–Crippen LogP) is 1.83. The van der Waals surface area contributed by atoms with E-state index < -0.39 is 6.10 Å². The highest BCUT2D eigenvalue weighted by atomic mass is 16.6. The summed E-state index contributed by atoms with van der Waals surface area (Å²) in [5.74, 6) is -0.120. The number of hydrogen-bond donors (Lipinski definition) is 1. The van der Waals surface area contributed by atoms with Gasteiger partial charge >= 0.3 is 0 Å². The summed E-state index contributed by atoms with van der Waals surface area (Å²) in [6, 6.07) is 5.94. The first kappa shape index (κ1) is 16.0. The lowest BCUT2D eigenvalue weighted by atomic mass is 10.0. The monoisotopic (exact) mass is 304 g/mol. The third-order valence-electron chi connectivity index (χ3n) is 3.58. The number of hydrogen-bond acceptors (Lipinski definition) is 5. The maximum Gasteiger partial charge on any atom is 0.267 e. The third kappa shape index (κ3) is 3.63. The number of Topliss-reactive ketones (excluding diaryl/α,β-unsaturated/α-hetero) is 1. The Labute approximate surface area is 129 Å². The van der Waals surface area contributed by atoms with Gasteiger partial charge in [-0.15, -0.1) is 0 Å². The fraction of sp³-hybridized carbons (Fsp3) is 0.438. The Bertz CT molecular complexity index is 593. The van der Waals surface area contributed by atoms with E-state index in [-0.39, 0.29) is 29.9 Å². The second kappa shape index (κ2) is 6.60. The van der Waals surface area contributed by atoms with Gasteiger partial charge in [0.05, 0.1) is 12.3 Å². The zero-order valence-corrected chi connectivity index (χ0v) is 12.9. The Hall–Kier alpha value is -2.37. The molecule has 0 bridgehead atoms. The molecule has 0 aromatic heterocycles. The molecule has 1 atom stereocenters. The minimum absolute atomic E-state index is 0.0412. The maximum atomic E-state index is 12.3. The van der Waals surface area contributed by atoms with Gasteiger partial charge in [-0.25, -0.2) is 0 Å². The number of aromatic hydroxyl groups is 1. The molecule has 2 rings (SSSR count). The molecule has 0 saturated heterocycles. The molecule has 1 heterocycles. The van der Waals surface area contributed by atoms with Crippen molar-refractivity contribution in [3.63, 3.8) is 0 Å². The van der Waals surface area contributed by atoms with Crippen molar-refractivity contribution in [2.45, 2.75) is 26.4 Å². The molecule has 1 aromatic rings. The van der Waals surface area contributed by atoms with Crippen LogP contribution in [-0.2, 0) is 9.63 Å². The summed E-state index contributed by atoms with van der Waals surface area (Å²) in [5.41, 5.74) is 1.31. The second-order valence-corrected chi connectivity index (χ2v) is 5.70. The number of oxime groups is 1. The summed E-state index contributed by atoms with van der Waals surface area (Å²) in [7, 11) is 1.57. The normalized spacial score (nSPS) is 17.1. The number of benzene rings is 1. The highest BCUT2D eigenvalue weighted by Crippen LogP contribution is 2.18. The van der Waals surface area contributed by atoms with Gasteiger partial charge in [0.15, 0.2) is 5.78 Å². The number of ketones is 1. The van der Waals surface area contributed by atoms with Gasteiger partial charge in [-0.05, 0) is 30.2 Å². The highest BCUT2D eigenvalue weighted by Gasteiger charge is 2.32. The van der Waals surface area contributed by atoms with Crippen LogP contribution in [0.15, 0.2) is 29.4 Å². The van der Waals surface area contributed by atoms with Gasteiger partial charge in [0, 0.05) is 19.0 Å². The Morgan fingerprint density at radius 2 is 2.00 bits per heavy atom. The summed E-state index contributed by atoms with van der Waals surface area (Å²) >= 11 is 0. The van der Waals surface area contributed by atoms with Crippen LogP contribution < -0.4 is 0 Å². The van der Waals surface area contributed by atoms with Crippen molar-refractivity contribution < 1.29 is 19.5 Å². The summed E-state index contributed by atoms with van der Waals surface area (Å²) in [5, 5.41) is 13.1. The fourth-order valence-electron chi connectivity index (χ4n) is 2.15. The molecule has 6 heteroatoms. The lowest BCUT2D eigenvalue weighted by Gasteiger charge is -2.19. The first-order valence-electron chi connectivity index (χ1n) is 7.18. The number of nitrogens with zero attached hydrogens (tertiary/aromatic N) is 2. The van der Waals surface area contributed by atoms with E-state index in [0.29, 0.717) is 12.0 Å². The number of phenolic OH excluding ortho intramolecular Hbond substituents is 1. The standard InChI is InChI=1S/C16H20N2O4/c1-10(2)13-8-15(22-17-13)16(21)18(3)9-14(20)11-4-6-12(19)7-5-11/h4-7,10,15,19H,8-9H2,1-3H3/t15-/m0/s1. The Balaban J connectivity index is 1.92. The topological polar surface area (TPSA) is 79.2 Å². The number of carbonyl (C=O) groups is 2. The van der Waals surface area contributed by atoms with Crippen molar-refractivity contribution in [2.75, 3.05) is 13.6 Å². The fourth-order valence-corrected chi connectivity index (χ4v) is 2.15. The molecule has 22 heavy (non-hydrogen) atoms. The number of phenols is 1. The molecular formula is C16H20N2O4. The van der Waals surface area contributed by atoms with Crippen LogP contribution in [0.4, 0.5) is 0 Å². The predicted molar refractivity (Wildman–Crippen MR) is 81.8 cm³/mol. The third-order valence-corrected chi connectivity index (χ3v) is 3.58. The second-order valence-electron chi connectivity index (χ2n) is 5.70. The molecule has 0 radical (unpaired) electrons. The molecule has 0 saturated carbocycles. The summed E-state index contributed by atoms with van der Waals surface area (Å²) in [4.78, 5) is 30.9.